The van der Waals surface area contributed by atoms with Crippen molar-refractivity contribution in [3.63, 3.8) is 0 Å². The third kappa shape index (κ3) is 6.94. The summed E-state index contributed by atoms with van der Waals surface area (Å²) >= 11 is 0. The van der Waals surface area contributed by atoms with Gasteiger partial charge in [-0.1, -0.05) is 26.8 Å². The number of H-pyrrole nitrogens is 1. The number of carbonyl (C=O) groups is 2. The number of aromatic amines is 1. The minimum absolute atomic E-state index is 0.0387. The molecule has 1 aliphatic rings. The van der Waals surface area contributed by atoms with Crippen LogP contribution in [0.15, 0.2) is 18.2 Å². The minimum Gasteiger partial charge on any atom is -0.481 e. The molecule has 192 valence electrons. The first-order valence-corrected chi connectivity index (χ1v) is 12.3. The average molecular weight is 487 g/mol. The van der Waals surface area contributed by atoms with Crippen molar-refractivity contribution in [3.8, 4) is 0 Å². The summed E-state index contributed by atoms with van der Waals surface area (Å²) in [5, 5.41) is 21.9. The second-order valence-corrected chi connectivity index (χ2v) is 9.70. The van der Waals surface area contributed by atoms with Gasteiger partial charge in [0.15, 0.2) is 0 Å². The van der Waals surface area contributed by atoms with Crippen LogP contribution in [0.5, 0.6) is 0 Å². The molecule has 1 heterocycles. The van der Waals surface area contributed by atoms with Gasteiger partial charge in [0.05, 0.1) is 23.9 Å². The first-order valence-electron chi connectivity index (χ1n) is 12.3. The number of carboxylic acid groups (broad SMARTS) is 1. The molecule has 0 unspecified atom stereocenters. The van der Waals surface area contributed by atoms with E-state index >= 15 is 0 Å². The second-order valence-electron chi connectivity index (χ2n) is 9.70. The van der Waals surface area contributed by atoms with E-state index in [0.717, 1.165) is 49.2 Å². The van der Waals surface area contributed by atoms with Crippen LogP contribution in [0.4, 0.5) is 17.3 Å². The number of carbonyl (C=O) groups excluding carboxylic acids is 1. The van der Waals surface area contributed by atoms with E-state index in [1.54, 1.807) is 7.11 Å². The monoisotopic (exact) mass is 486 g/mol. The van der Waals surface area contributed by atoms with E-state index in [4.69, 9.17) is 4.74 Å². The molecule has 1 amide bonds. The molecule has 1 aliphatic carbocycles. The zero-order valence-corrected chi connectivity index (χ0v) is 21.3. The van der Waals surface area contributed by atoms with Crippen LogP contribution in [-0.4, -0.2) is 65.0 Å². The molecule has 4 N–H and O–H groups in total. The number of rotatable bonds is 11. The average Bonchev–Trinajstić information content (AvgIpc) is 3.30. The van der Waals surface area contributed by atoms with Crippen molar-refractivity contribution in [1.82, 2.24) is 20.5 Å². The lowest BCUT2D eigenvalue weighted by molar-refractivity contribution is -0.137. The van der Waals surface area contributed by atoms with Gasteiger partial charge in [-0.05, 0) is 55.2 Å². The van der Waals surface area contributed by atoms with Crippen LogP contribution >= 0.6 is 0 Å². The third-order valence-corrected chi connectivity index (χ3v) is 6.53. The Morgan fingerprint density at radius 2 is 1.94 bits per heavy atom. The number of aromatic nitrogens is 3. The van der Waals surface area contributed by atoms with Crippen LogP contribution in [0.3, 0.4) is 0 Å². The van der Waals surface area contributed by atoms with E-state index in [1.807, 2.05) is 19.1 Å². The first kappa shape index (κ1) is 26.5. The van der Waals surface area contributed by atoms with E-state index < -0.39 is 5.97 Å². The molecule has 35 heavy (non-hydrogen) atoms. The number of benzene rings is 1. The highest BCUT2D eigenvalue weighted by Gasteiger charge is 2.28. The number of aliphatic carboxylic acids is 1. The van der Waals surface area contributed by atoms with Gasteiger partial charge in [-0.25, -0.2) is 0 Å². The SMILES string of the molecule is CNC(=O)c1nc(Nc2cc([C@H](C)CC(=O)O)ccc2N(CC(C)C)C2CCC(OC)CC2)n[nH]1. The quantitative estimate of drug-likeness (QED) is 0.376. The zero-order valence-electron chi connectivity index (χ0n) is 21.3. The predicted octanol–water partition coefficient (Wildman–Crippen LogP) is 3.91. The topological polar surface area (TPSA) is 132 Å². The molecule has 1 atom stereocenters. The molecule has 0 saturated heterocycles. The lowest BCUT2D eigenvalue weighted by Gasteiger charge is -2.40. The molecule has 0 aliphatic heterocycles. The predicted molar refractivity (Wildman–Crippen MR) is 135 cm³/mol. The molecule has 3 rings (SSSR count). The van der Waals surface area contributed by atoms with Crippen molar-refractivity contribution in [3.05, 3.63) is 29.6 Å². The fourth-order valence-electron chi connectivity index (χ4n) is 4.68. The molecule has 2 aromatic rings. The molecule has 0 bridgehead atoms. The van der Waals surface area contributed by atoms with Crippen LogP contribution in [0.2, 0.25) is 0 Å². The van der Waals surface area contributed by atoms with Crippen LogP contribution in [0, 0.1) is 5.92 Å². The number of ether oxygens (including phenoxy) is 1. The largest absolute Gasteiger partial charge is 0.481 e. The summed E-state index contributed by atoms with van der Waals surface area (Å²) in [5.74, 6) is -0.518. The number of methoxy groups -OCH3 is 1. The lowest BCUT2D eigenvalue weighted by atomic mass is 9.90. The highest BCUT2D eigenvalue weighted by atomic mass is 16.5. The summed E-state index contributed by atoms with van der Waals surface area (Å²) < 4.78 is 5.58. The Kier molecular flexibility index (Phi) is 9.08. The number of hydrogen-bond donors (Lipinski definition) is 4. The molecule has 0 spiro atoms. The van der Waals surface area contributed by atoms with Gasteiger partial charge in [-0.15, -0.1) is 5.10 Å². The maximum Gasteiger partial charge on any atom is 0.303 e. The number of nitrogens with one attached hydrogen (secondary N) is 3. The standard InChI is InChI=1S/C25H38N6O4/c1-15(2)14-31(18-7-9-19(35-5)10-8-18)21-11-6-17(16(3)12-22(32)33)13-20(21)27-25-28-23(29-30-25)24(34)26-4/h6,11,13,15-16,18-19H,7-10,12,14H2,1-5H3,(H,26,34)(H,32,33)(H2,27,28,29,30)/t16-,18?,19?/m1/s1. The van der Waals surface area contributed by atoms with Gasteiger partial charge >= 0.3 is 5.97 Å². The molecule has 1 aromatic heterocycles. The minimum atomic E-state index is -0.836. The Labute approximate surface area is 206 Å². The Balaban J connectivity index is 1.98. The van der Waals surface area contributed by atoms with E-state index in [0.29, 0.717) is 18.1 Å². The highest BCUT2D eigenvalue weighted by Crippen LogP contribution is 2.37. The van der Waals surface area contributed by atoms with E-state index in [-0.39, 0.29) is 30.0 Å². The van der Waals surface area contributed by atoms with Gasteiger partial charge in [0.1, 0.15) is 0 Å². The van der Waals surface area contributed by atoms with Gasteiger partial charge in [-0.2, -0.15) is 4.98 Å². The van der Waals surface area contributed by atoms with E-state index in [2.05, 4.69) is 50.6 Å². The maximum absolute atomic E-state index is 11.9. The molecule has 10 heteroatoms. The van der Waals surface area contributed by atoms with Crippen molar-refractivity contribution in [2.45, 2.75) is 70.9 Å². The Hall–Kier alpha value is -3.14. The number of anilines is 3. The number of carboxylic acids is 1. The maximum atomic E-state index is 11.9. The van der Waals surface area contributed by atoms with E-state index in [9.17, 15) is 14.7 Å². The lowest BCUT2D eigenvalue weighted by Crippen LogP contribution is -2.41. The Morgan fingerprint density at radius 1 is 1.23 bits per heavy atom. The van der Waals surface area contributed by atoms with Gasteiger partial charge < -0.3 is 25.4 Å². The summed E-state index contributed by atoms with van der Waals surface area (Å²) in [5.41, 5.74) is 2.71. The highest BCUT2D eigenvalue weighted by molar-refractivity contribution is 5.90. The Bertz CT molecular complexity index is 1000. The molecule has 0 radical (unpaired) electrons. The molecule has 1 saturated carbocycles. The molecule has 1 aromatic carbocycles. The van der Waals surface area contributed by atoms with Crippen LogP contribution in [0.25, 0.3) is 0 Å². The molecular weight excluding hydrogens is 448 g/mol. The summed E-state index contributed by atoms with van der Waals surface area (Å²) in [6, 6.07) is 6.41. The van der Waals surface area contributed by atoms with Gasteiger partial charge in [0.2, 0.25) is 11.8 Å². The smallest absolute Gasteiger partial charge is 0.303 e. The van der Waals surface area contributed by atoms with Gasteiger partial charge in [0, 0.05) is 26.7 Å². The molecule has 10 nitrogen and oxygen atoms in total. The summed E-state index contributed by atoms with van der Waals surface area (Å²) in [6.45, 7) is 7.18. The summed E-state index contributed by atoms with van der Waals surface area (Å²) in [6.07, 6.45) is 4.44. The molecular formula is C25H38N6O4. The second kappa shape index (κ2) is 12.0. The molecule has 1 fully saturated rings. The Morgan fingerprint density at radius 3 is 2.54 bits per heavy atom. The van der Waals surface area contributed by atoms with Crippen molar-refractivity contribution < 1.29 is 19.4 Å². The zero-order chi connectivity index (χ0) is 25.5. The fraction of sp³-hybridized carbons (Fsp3) is 0.600. The van der Waals surface area contributed by atoms with Crippen LogP contribution in [0.1, 0.15) is 75.0 Å². The van der Waals surface area contributed by atoms with Gasteiger partial charge in [-0.3, -0.25) is 14.7 Å². The van der Waals surface area contributed by atoms with Gasteiger partial charge in [0.25, 0.3) is 5.91 Å². The van der Waals surface area contributed by atoms with Crippen molar-refractivity contribution in [2.24, 2.45) is 5.92 Å². The number of hydrogen-bond acceptors (Lipinski definition) is 7. The number of amides is 1. The van der Waals surface area contributed by atoms with Crippen molar-refractivity contribution in [1.29, 1.82) is 0 Å². The van der Waals surface area contributed by atoms with Crippen molar-refractivity contribution in [2.75, 3.05) is 30.9 Å². The normalized spacial score (nSPS) is 18.8. The fourth-order valence-corrected chi connectivity index (χ4v) is 4.68. The first-order chi connectivity index (χ1) is 16.7. The third-order valence-electron chi connectivity index (χ3n) is 6.53. The number of nitrogens with zero attached hydrogens (tertiary/aromatic N) is 3. The summed E-state index contributed by atoms with van der Waals surface area (Å²) in [4.78, 5) is 30.0. The van der Waals surface area contributed by atoms with E-state index in [1.165, 1.54) is 7.05 Å². The van der Waals surface area contributed by atoms with Crippen LogP contribution in [-0.2, 0) is 9.53 Å². The summed E-state index contributed by atoms with van der Waals surface area (Å²) in [7, 11) is 3.31. The van der Waals surface area contributed by atoms with Crippen LogP contribution < -0.4 is 15.5 Å². The van der Waals surface area contributed by atoms with Crippen molar-refractivity contribution >= 4 is 29.2 Å².